The minimum absolute atomic E-state index is 0.309. The van der Waals surface area contributed by atoms with Crippen LogP contribution >= 0.6 is 24.4 Å². The molecule has 0 unspecified atom stereocenters. The third-order valence-corrected chi connectivity index (χ3v) is 3.35. The van der Waals surface area contributed by atoms with Crippen LogP contribution in [-0.4, -0.2) is 56.7 Å². The number of hydrogen-bond acceptors (Lipinski definition) is 5. The van der Waals surface area contributed by atoms with Crippen molar-refractivity contribution in [2.24, 2.45) is 0 Å². The number of methoxy groups -OCH3 is 2. The maximum absolute atomic E-state index is 12.1. The van der Waals surface area contributed by atoms with Crippen LogP contribution < -0.4 is 26.8 Å². The lowest BCUT2D eigenvalue weighted by molar-refractivity contribution is 0.0943. The second-order valence-corrected chi connectivity index (χ2v) is 5.60. The van der Waals surface area contributed by atoms with Crippen LogP contribution in [0.4, 0.5) is 5.69 Å². The highest BCUT2D eigenvalue weighted by molar-refractivity contribution is 7.80. The smallest absolute Gasteiger partial charge is 0.269 e. The molecule has 1 rings (SSSR count). The Labute approximate surface area is 158 Å². The Balaban J connectivity index is 2.46. The Bertz CT molecular complexity index is 586. The van der Waals surface area contributed by atoms with E-state index < -0.39 is 0 Å². The van der Waals surface area contributed by atoms with Crippen LogP contribution in [-0.2, 0) is 9.47 Å². The molecule has 25 heavy (non-hydrogen) atoms. The summed E-state index contributed by atoms with van der Waals surface area (Å²) in [6.45, 7) is 2.21. The van der Waals surface area contributed by atoms with Crippen molar-refractivity contribution in [3.8, 4) is 0 Å². The lowest BCUT2D eigenvalue weighted by Crippen LogP contribution is -2.47. The van der Waals surface area contributed by atoms with Crippen LogP contribution in [0.2, 0.25) is 0 Å². The number of amides is 1. The van der Waals surface area contributed by atoms with Gasteiger partial charge in [-0.2, -0.15) is 0 Å². The van der Waals surface area contributed by atoms with Crippen molar-refractivity contribution < 1.29 is 14.3 Å². The summed E-state index contributed by atoms with van der Waals surface area (Å²) in [5, 5.41) is 9.65. The van der Waals surface area contributed by atoms with E-state index in [4.69, 9.17) is 33.9 Å². The molecule has 1 aromatic carbocycles. The fourth-order valence-corrected chi connectivity index (χ4v) is 2.05. The fourth-order valence-electron chi connectivity index (χ4n) is 1.68. The molecule has 138 valence electrons. The molecule has 0 radical (unpaired) electrons. The molecule has 8 nitrogen and oxygen atoms in total. The molecule has 0 heterocycles. The van der Waals surface area contributed by atoms with Gasteiger partial charge in [0.05, 0.1) is 13.2 Å². The van der Waals surface area contributed by atoms with Gasteiger partial charge < -0.3 is 25.4 Å². The average molecular weight is 386 g/mol. The Morgan fingerprint density at radius 3 is 2.28 bits per heavy atom. The minimum Gasteiger partial charge on any atom is -0.383 e. The highest BCUT2D eigenvalue weighted by atomic mass is 32.1. The predicted octanol–water partition coefficient (Wildman–Crippen LogP) is 0.375. The second kappa shape index (κ2) is 12.4. The molecule has 1 aromatic rings. The third kappa shape index (κ3) is 9.15. The van der Waals surface area contributed by atoms with Crippen molar-refractivity contribution >= 4 is 46.3 Å². The number of hydrogen-bond donors (Lipinski definition) is 5. The standard InChI is InChI=1S/C15H23N5O3S2/c1-22-8-6-16-14(24)18-12-5-3-4-11(10-12)13(21)19-20-15(25)17-7-9-23-2/h3-5,10H,6-9H2,1-2H3,(H,19,21)(H2,16,18,24)(H2,17,20,25). The highest BCUT2D eigenvalue weighted by Crippen LogP contribution is 2.10. The number of rotatable bonds is 8. The van der Waals surface area contributed by atoms with E-state index in [2.05, 4.69) is 26.8 Å². The molecule has 1 amide bonds. The van der Waals surface area contributed by atoms with E-state index in [1.54, 1.807) is 32.4 Å². The first-order valence-corrected chi connectivity index (χ1v) is 8.35. The maximum atomic E-state index is 12.1. The summed E-state index contributed by atoms with van der Waals surface area (Å²) in [5.41, 5.74) is 6.30. The summed E-state index contributed by atoms with van der Waals surface area (Å²) < 4.78 is 9.83. The van der Waals surface area contributed by atoms with Gasteiger partial charge in [-0.1, -0.05) is 6.07 Å². The van der Waals surface area contributed by atoms with Gasteiger partial charge in [-0.05, 0) is 42.6 Å². The summed E-state index contributed by atoms with van der Waals surface area (Å²) in [6, 6.07) is 6.93. The van der Waals surface area contributed by atoms with Gasteiger partial charge in [-0.3, -0.25) is 15.6 Å². The summed E-state index contributed by atoms with van der Waals surface area (Å²) in [7, 11) is 3.22. The van der Waals surface area contributed by atoms with E-state index in [-0.39, 0.29) is 5.91 Å². The number of nitrogens with one attached hydrogen (secondary N) is 5. The monoisotopic (exact) mass is 385 g/mol. The molecule has 0 aliphatic heterocycles. The van der Waals surface area contributed by atoms with Crippen LogP contribution in [0, 0.1) is 0 Å². The highest BCUT2D eigenvalue weighted by Gasteiger charge is 2.07. The molecule has 0 saturated heterocycles. The maximum Gasteiger partial charge on any atom is 0.269 e. The molecule has 0 saturated carbocycles. The number of anilines is 1. The van der Waals surface area contributed by atoms with Crippen molar-refractivity contribution in [3.05, 3.63) is 29.8 Å². The van der Waals surface area contributed by atoms with Crippen molar-refractivity contribution in [1.82, 2.24) is 21.5 Å². The summed E-state index contributed by atoms with van der Waals surface area (Å²) in [5.74, 6) is -0.321. The van der Waals surface area contributed by atoms with Gasteiger partial charge in [-0.25, -0.2) is 0 Å². The van der Waals surface area contributed by atoms with Crippen molar-refractivity contribution in [2.45, 2.75) is 0 Å². The van der Waals surface area contributed by atoms with E-state index in [1.165, 1.54) is 0 Å². The van der Waals surface area contributed by atoms with Crippen molar-refractivity contribution in [1.29, 1.82) is 0 Å². The molecule has 0 aliphatic rings. The zero-order chi connectivity index (χ0) is 18.5. The molecular weight excluding hydrogens is 362 g/mol. The molecule has 0 aliphatic carbocycles. The van der Waals surface area contributed by atoms with Gasteiger partial charge >= 0.3 is 0 Å². The van der Waals surface area contributed by atoms with E-state index in [1.807, 2.05) is 6.07 Å². The normalized spacial score (nSPS) is 9.84. The van der Waals surface area contributed by atoms with Crippen LogP contribution in [0.25, 0.3) is 0 Å². The number of ether oxygens (including phenoxy) is 2. The first kappa shape index (κ1) is 21.0. The van der Waals surface area contributed by atoms with E-state index in [0.717, 1.165) is 0 Å². The molecule has 0 aromatic heterocycles. The van der Waals surface area contributed by atoms with Gasteiger partial charge in [-0.15, -0.1) is 0 Å². The molecule has 10 heteroatoms. The molecule has 5 N–H and O–H groups in total. The number of hydrazine groups is 1. The first-order chi connectivity index (χ1) is 12.1. The van der Waals surface area contributed by atoms with Crippen LogP contribution in [0.3, 0.4) is 0 Å². The molecular formula is C15H23N5O3S2. The van der Waals surface area contributed by atoms with Gasteiger partial charge in [0.2, 0.25) is 0 Å². The van der Waals surface area contributed by atoms with Gasteiger partial charge in [0.25, 0.3) is 5.91 Å². The summed E-state index contributed by atoms with van der Waals surface area (Å²) in [6.07, 6.45) is 0. The predicted molar refractivity (Wildman–Crippen MR) is 106 cm³/mol. The Kier molecular flexibility index (Phi) is 10.4. The molecule has 0 atom stereocenters. The van der Waals surface area contributed by atoms with Crippen LogP contribution in [0.5, 0.6) is 0 Å². The zero-order valence-electron chi connectivity index (χ0n) is 14.2. The third-order valence-electron chi connectivity index (χ3n) is 2.86. The molecule has 0 bridgehead atoms. The van der Waals surface area contributed by atoms with E-state index in [0.29, 0.717) is 47.8 Å². The van der Waals surface area contributed by atoms with E-state index in [9.17, 15) is 4.79 Å². The zero-order valence-corrected chi connectivity index (χ0v) is 15.8. The number of carbonyl (C=O) groups excluding carboxylic acids is 1. The quantitative estimate of drug-likeness (QED) is 0.247. The Hall–Kier alpha value is -2.01. The topological polar surface area (TPSA) is 95.7 Å². The lowest BCUT2D eigenvalue weighted by atomic mass is 10.2. The van der Waals surface area contributed by atoms with Crippen LogP contribution in [0.1, 0.15) is 10.4 Å². The Morgan fingerprint density at radius 2 is 1.64 bits per heavy atom. The van der Waals surface area contributed by atoms with Gasteiger partial charge in [0.15, 0.2) is 10.2 Å². The van der Waals surface area contributed by atoms with Crippen LogP contribution in [0.15, 0.2) is 24.3 Å². The number of thiocarbonyl (C=S) groups is 2. The summed E-state index contributed by atoms with van der Waals surface area (Å²) >= 11 is 10.2. The van der Waals surface area contributed by atoms with Gasteiger partial charge in [0, 0.05) is 38.6 Å². The summed E-state index contributed by atoms with van der Waals surface area (Å²) in [4.78, 5) is 12.1. The van der Waals surface area contributed by atoms with E-state index >= 15 is 0 Å². The lowest BCUT2D eigenvalue weighted by Gasteiger charge is -2.13. The number of carbonyl (C=O) groups is 1. The van der Waals surface area contributed by atoms with Crippen molar-refractivity contribution in [2.75, 3.05) is 45.8 Å². The van der Waals surface area contributed by atoms with Gasteiger partial charge in [0.1, 0.15) is 0 Å². The largest absolute Gasteiger partial charge is 0.383 e. The fraction of sp³-hybridized carbons (Fsp3) is 0.400. The van der Waals surface area contributed by atoms with Crippen molar-refractivity contribution in [3.63, 3.8) is 0 Å². The second-order valence-electron chi connectivity index (χ2n) is 4.78. The number of benzene rings is 1. The minimum atomic E-state index is -0.321. The Morgan fingerprint density at radius 1 is 1.00 bits per heavy atom. The average Bonchev–Trinajstić information content (AvgIpc) is 2.60. The molecule has 0 fully saturated rings. The first-order valence-electron chi connectivity index (χ1n) is 7.53. The molecule has 0 spiro atoms. The SMILES string of the molecule is COCCNC(=S)NNC(=O)c1cccc(NC(=S)NCCOC)c1.